The SMILES string of the molecule is CCCCOP(O)(=S)OCCCC.[Fe]. The van der Waals surface area contributed by atoms with Gasteiger partial charge in [0.25, 0.3) is 0 Å². The van der Waals surface area contributed by atoms with E-state index in [1.807, 2.05) is 0 Å². The summed E-state index contributed by atoms with van der Waals surface area (Å²) in [6.45, 7) is 2.19. The first-order chi connectivity index (χ1) is 6.12. The van der Waals surface area contributed by atoms with Crippen LogP contribution in [0.2, 0.25) is 0 Å². The van der Waals surface area contributed by atoms with E-state index in [0.29, 0.717) is 13.2 Å². The van der Waals surface area contributed by atoms with Gasteiger partial charge in [-0.2, -0.15) is 0 Å². The molecule has 0 saturated heterocycles. The van der Waals surface area contributed by atoms with E-state index in [4.69, 9.17) is 20.9 Å². The Hall–Kier alpha value is 1.05. The monoisotopic (exact) mass is 282 g/mol. The Bertz CT molecular complexity index is 155. The van der Waals surface area contributed by atoms with Gasteiger partial charge in [-0.1, -0.05) is 26.7 Å². The van der Waals surface area contributed by atoms with Crippen LogP contribution in [0.25, 0.3) is 0 Å². The Morgan fingerprint density at radius 1 is 1.07 bits per heavy atom. The molecule has 0 radical (unpaired) electrons. The van der Waals surface area contributed by atoms with Gasteiger partial charge in [0.1, 0.15) is 0 Å². The Morgan fingerprint density at radius 3 is 1.71 bits per heavy atom. The molecule has 0 aromatic rings. The summed E-state index contributed by atoms with van der Waals surface area (Å²) in [4.78, 5) is 9.45. The van der Waals surface area contributed by atoms with Crippen molar-refractivity contribution in [2.75, 3.05) is 13.2 Å². The maximum absolute atomic E-state index is 9.45. The van der Waals surface area contributed by atoms with Crippen LogP contribution in [0.15, 0.2) is 0 Å². The fraction of sp³-hybridized carbons (Fsp3) is 1.00. The van der Waals surface area contributed by atoms with Crippen LogP contribution in [0, 0.1) is 0 Å². The van der Waals surface area contributed by atoms with Crippen molar-refractivity contribution in [2.45, 2.75) is 39.5 Å². The van der Waals surface area contributed by atoms with Crippen LogP contribution in [-0.4, -0.2) is 18.1 Å². The minimum absolute atomic E-state index is 0. The van der Waals surface area contributed by atoms with Gasteiger partial charge in [-0.3, -0.25) is 0 Å². The zero-order valence-electron chi connectivity index (χ0n) is 8.72. The van der Waals surface area contributed by atoms with Gasteiger partial charge >= 0.3 is 6.72 Å². The average Bonchev–Trinajstić information content (AvgIpc) is 2.05. The van der Waals surface area contributed by atoms with Gasteiger partial charge in [0.15, 0.2) is 0 Å². The summed E-state index contributed by atoms with van der Waals surface area (Å²) >= 11 is 4.79. The Balaban J connectivity index is 0. The second-order valence-electron chi connectivity index (χ2n) is 2.84. The third-order valence-corrected chi connectivity index (χ3v) is 3.15. The van der Waals surface area contributed by atoms with E-state index < -0.39 is 6.72 Å². The van der Waals surface area contributed by atoms with Crippen LogP contribution >= 0.6 is 6.72 Å². The van der Waals surface area contributed by atoms with Crippen molar-refractivity contribution < 1.29 is 31.0 Å². The van der Waals surface area contributed by atoms with Gasteiger partial charge in [0, 0.05) is 17.1 Å². The molecule has 0 fully saturated rings. The van der Waals surface area contributed by atoms with Gasteiger partial charge in [-0.25, -0.2) is 0 Å². The smallest absolute Gasteiger partial charge is 0.324 e. The van der Waals surface area contributed by atoms with E-state index in [1.165, 1.54) is 0 Å². The summed E-state index contributed by atoms with van der Waals surface area (Å²) in [7, 11) is 0. The molecular formula is C8H19FeO3PS. The van der Waals surface area contributed by atoms with Crippen LogP contribution in [0.5, 0.6) is 0 Å². The number of hydrogen-bond donors (Lipinski definition) is 1. The maximum Gasteiger partial charge on any atom is 0.324 e. The molecule has 0 aromatic carbocycles. The number of hydrogen-bond acceptors (Lipinski definition) is 3. The molecule has 88 valence electrons. The van der Waals surface area contributed by atoms with Crippen LogP contribution in [0.3, 0.4) is 0 Å². The van der Waals surface area contributed by atoms with Crippen LogP contribution in [0.1, 0.15) is 39.5 Å². The zero-order chi connectivity index (χ0) is 10.2. The number of rotatable bonds is 8. The second kappa shape index (κ2) is 10.6. The summed E-state index contributed by atoms with van der Waals surface area (Å²) < 4.78 is 10.2. The van der Waals surface area contributed by atoms with E-state index in [-0.39, 0.29) is 17.1 Å². The molecule has 0 aromatic heterocycles. The molecule has 0 bridgehead atoms. The molecule has 1 N–H and O–H groups in total. The fourth-order valence-electron chi connectivity index (χ4n) is 0.686. The van der Waals surface area contributed by atoms with Crippen molar-refractivity contribution in [1.82, 2.24) is 0 Å². The Morgan fingerprint density at radius 2 is 1.43 bits per heavy atom. The molecule has 0 aliphatic rings. The molecule has 0 atom stereocenters. The molecular weight excluding hydrogens is 263 g/mol. The first-order valence-corrected chi connectivity index (χ1v) is 7.33. The van der Waals surface area contributed by atoms with Gasteiger partial charge in [0.2, 0.25) is 0 Å². The second-order valence-corrected chi connectivity index (χ2v) is 5.68. The average molecular weight is 282 g/mol. The van der Waals surface area contributed by atoms with Gasteiger partial charge in [0.05, 0.1) is 13.2 Å². The van der Waals surface area contributed by atoms with Crippen molar-refractivity contribution in [3.63, 3.8) is 0 Å². The van der Waals surface area contributed by atoms with Gasteiger partial charge in [-0.15, -0.1) is 0 Å². The third kappa shape index (κ3) is 11.1. The molecule has 0 aliphatic carbocycles. The molecule has 0 spiro atoms. The summed E-state index contributed by atoms with van der Waals surface area (Å²) in [6.07, 6.45) is 3.89. The summed E-state index contributed by atoms with van der Waals surface area (Å²) in [5.41, 5.74) is 0. The predicted octanol–water partition coefficient (Wildman–Crippen LogP) is 2.83. The standard InChI is InChI=1S/C8H19O3PS.Fe/c1-3-5-7-10-12(9,13)11-8-6-4-2;/h3-8H2,1-2H3,(H,9,13);. The van der Waals surface area contributed by atoms with Crippen molar-refractivity contribution in [2.24, 2.45) is 0 Å². The van der Waals surface area contributed by atoms with Crippen molar-refractivity contribution in [1.29, 1.82) is 0 Å². The van der Waals surface area contributed by atoms with Gasteiger partial charge < -0.3 is 13.9 Å². The van der Waals surface area contributed by atoms with Crippen molar-refractivity contribution in [3.05, 3.63) is 0 Å². The molecule has 0 aliphatic heterocycles. The molecule has 3 nitrogen and oxygen atoms in total. The van der Waals surface area contributed by atoms with E-state index >= 15 is 0 Å². The predicted molar refractivity (Wildman–Crippen MR) is 58.2 cm³/mol. The Labute approximate surface area is 102 Å². The van der Waals surface area contributed by atoms with E-state index in [0.717, 1.165) is 25.7 Å². The molecule has 0 unspecified atom stereocenters. The molecule has 0 rings (SSSR count). The largest absolute Gasteiger partial charge is 0.324 e. The third-order valence-electron chi connectivity index (χ3n) is 1.50. The molecule has 0 saturated carbocycles. The normalized spacial score (nSPS) is 11.1. The number of unbranched alkanes of at least 4 members (excludes halogenated alkanes) is 2. The topological polar surface area (TPSA) is 38.7 Å². The molecule has 0 heterocycles. The van der Waals surface area contributed by atoms with Crippen LogP contribution in [-0.2, 0) is 37.9 Å². The van der Waals surface area contributed by atoms with E-state index in [1.54, 1.807) is 0 Å². The van der Waals surface area contributed by atoms with Crippen LogP contribution in [0.4, 0.5) is 0 Å². The quantitative estimate of drug-likeness (QED) is 0.422. The van der Waals surface area contributed by atoms with Crippen molar-refractivity contribution >= 4 is 18.5 Å². The molecule has 0 amide bonds. The van der Waals surface area contributed by atoms with Gasteiger partial charge in [-0.05, 0) is 24.6 Å². The first kappa shape index (κ1) is 17.4. The molecule has 14 heavy (non-hydrogen) atoms. The minimum Gasteiger partial charge on any atom is -0.324 e. The van der Waals surface area contributed by atoms with E-state index in [9.17, 15) is 4.89 Å². The Kier molecular flexibility index (Phi) is 13.2. The minimum atomic E-state index is -2.92. The maximum atomic E-state index is 9.45. The zero-order valence-corrected chi connectivity index (χ0v) is 11.5. The van der Waals surface area contributed by atoms with Crippen LogP contribution < -0.4 is 0 Å². The summed E-state index contributed by atoms with van der Waals surface area (Å²) in [6, 6.07) is 0. The summed E-state index contributed by atoms with van der Waals surface area (Å²) in [5, 5.41) is 0. The van der Waals surface area contributed by atoms with Crippen molar-refractivity contribution in [3.8, 4) is 0 Å². The fourth-order valence-corrected chi connectivity index (χ4v) is 1.93. The first-order valence-electron chi connectivity index (χ1n) is 4.74. The van der Waals surface area contributed by atoms with E-state index in [2.05, 4.69) is 13.8 Å². The summed E-state index contributed by atoms with van der Waals surface area (Å²) in [5.74, 6) is 0. The molecule has 6 heteroatoms.